The van der Waals surface area contributed by atoms with Crippen LogP contribution in [0.2, 0.25) is 0 Å². The number of hydrogen-bond donors (Lipinski definition) is 1. The molecule has 152 valence electrons. The first-order chi connectivity index (χ1) is 14.0. The third-order valence-corrected chi connectivity index (χ3v) is 4.51. The van der Waals surface area contributed by atoms with E-state index in [9.17, 15) is 9.59 Å². The monoisotopic (exact) mass is 397 g/mol. The molecule has 1 atom stereocenters. The Hall–Kier alpha value is -3.55. The smallest absolute Gasteiger partial charge is 0.267 e. The van der Waals surface area contributed by atoms with E-state index in [0.717, 1.165) is 10.2 Å². The van der Waals surface area contributed by atoms with Gasteiger partial charge < -0.3 is 19.2 Å². The zero-order valence-electron chi connectivity index (χ0n) is 16.5. The molecular formula is C21H23N3O5. The van der Waals surface area contributed by atoms with Crippen LogP contribution < -0.4 is 20.3 Å². The van der Waals surface area contributed by atoms with Crippen LogP contribution in [0.5, 0.6) is 11.5 Å². The highest BCUT2D eigenvalue weighted by Crippen LogP contribution is 2.27. The summed E-state index contributed by atoms with van der Waals surface area (Å²) < 4.78 is 17.0. The van der Waals surface area contributed by atoms with E-state index < -0.39 is 6.04 Å². The molecule has 8 nitrogen and oxygen atoms in total. The highest BCUT2D eigenvalue weighted by Gasteiger charge is 2.18. The minimum absolute atomic E-state index is 0.295. The van der Waals surface area contributed by atoms with Gasteiger partial charge in [0.2, 0.25) is 5.91 Å². The number of carbonyl (C=O) groups is 1. The number of aromatic nitrogens is 2. The average Bonchev–Trinajstić information content (AvgIpc) is 3.28. The Bertz CT molecular complexity index is 1030. The first kappa shape index (κ1) is 20.2. The van der Waals surface area contributed by atoms with Gasteiger partial charge in [-0.25, -0.2) is 4.68 Å². The van der Waals surface area contributed by atoms with E-state index >= 15 is 0 Å². The number of nitrogens with one attached hydrogen (secondary N) is 1. The molecule has 1 amide bonds. The molecule has 0 spiro atoms. The molecule has 0 aliphatic heterocycles. The molecule has 0 aliphatic carbocycles. The van der Waals surface area contributed by atoms with Crippen LogP contribution in [0.1, 0.15) is 18.5 Å². The molecule has 1 unspecified atom stereocenters. The number of methoxy groups -OCH3 is 2. The van der Waals surface area contributed by atoms with Gasteiger partial charge in [0.05, 0.1) is 20.5 Å². The third-order valence-electron chi connectivity index (χ3n) is 4.51. The van der Waals surface area contributed by atoms with Gasteiger partial charge in [0.25, 0.3) is 5.56 Å². The maximum absolute atomic E-state index is 12.5. The number of hydrogen-bond acceptors (Lipinski definition) is 6. The molecule has 0 saturated carbocycles. The summed E-state index contributed by atoms with van der Waals surface area (Å²) in [6.45, 7) is 2.04. The Kier molecular flexibility index (Phi) is 6.33. The maximum Gasteiger partial charge on any atom is 0.267 e. The van der Waals surface area contributed by atoms with Crippen molar-refractivity contribution in [2.75, 3.05) is 20.8 Å². The van der Waals surface area contributed by atoms with E-state index in [2.05, 4.69) is 10.4 Å². The van der Waals surface area contributed by atoms with Crippen molar-refractivity contribution >= 4 is 5.91 Å². The van der Waals surface area contributed by atoms with Gasteiger partial charge in [-0.05, 0) is 49.2 Å². The summed E-state index contributed by atoms with van der Waals surface area (Å²) in [6.07, 6.45) is 2.13. The van der Waals surface area contributed by atoms with Crippen molar-refractivity contribution < 1.29 is 18.7 Å². The first-order valence-electron chi connectivity index (χ1n) is 9.16. The topological polar surface area (TPSA) is 95.6 Å². The molecule has 2 heterocycles. The lowest BCUT2D eigenvalue weighted by atomic mass is 10.1. The van der Waals surface area contributed by atoms with Crippen LogP contribution in [0.15, 0.2) is 57.9 Å². The van der Waals surface area contributed by atoms with Crippen molar-refractivity contribution in [1.29, 1.82) is 0 Å². The lowest BCUT2D eigenvalue weighted by Crippen LogP contribution is -2.37. The number of amides is 1. The van der Waals surface area contributed by atoms with Gasteiger partial charge in [0.1, 0.15) is 11.7 Å². The number of ether oxygens (including phenoxy) is 2. The molecule has 0 radical (unpaired) electrons. The summed E-state index contributed by atoms with van der Waals surface area (Å²) in [5.41, 5.74) is 1.12. The number of rotatable bonds is 8. The fraction of sp³-hybridized carbons (Fsp3) is 0.286. The third kappa shape index (κ3) is 4.66. The van der Waals surface area contributed by atoms with Crippen molar-refractivity contribution in [1.82, 2.24) is 15.1 Å². The van der Waals surface area contributed by atoms with E-state index in [1.807, 2.05) is 18.2 Å². The van der Waals surface area contributed by atoms with Gasteiger partial charge in [-0.2, -0.15) is 5.10 Å². The minimum atomic E-state index is -0.761. The normalized spacial score (nSPS) is 11.7. The average molecular weight is 397 g/mol. The van der Waals surface area contributed by atoms with Crippen LogP contribution in [-0.4, -0.2) is 36.5 Å². The SMILES string of the molecule is COc1ccc(CCNC(=O)C(C)n2nc(-c3ccco3)ccc2=O)cc1OC. The zero-order chi connectivity index (χ0) is 20.8. The molecule has 1 aromatic carbocycles. The van der Waals surface area contributed by atoms with Gasteiger partial charge in [-0.15, -0.1) is 0 Å². The maximum atomic E-state index is 12.5. The highest BCUT2D eigenvalue weighted by atomic mass is 16.5. The summed E-state index contributed by atoms with van der Waals surface area (Å²) in [4.78, 5) is 24.7. The molecule has 8 heteroatoms. The number of furan rings is 1. The van der Waals surface area contributed by atoms with E-state index in [4.69, 9.17) is 13.9 Å². The lowest BCUT2D eigenvalue weighted by molar-refractivity contribution is -0.124. The van der Waals surface area contributed by atoms with Crippen molar-refractivity contribution in [3.63, 3.8) is 0 Å². The van der Waals surface area contributed by atoms with E-state index in [-0.39, 0.29) is 11.5 Å². The fourth-order valence-corrected chi connectivity index (χ4v) is 2.88. The van der Waals surface area contributed by atoms with Gasteiger partial charge >= 0.3 is 0 Å². The Morgan fingerprint density at radius 1 is 1.17 bits per heavy atom. The van der Waals surface area contributed by atoms with Crippen LogP contribution >= 0.6 is 0 Å². The van der Waals surface area contributed by atoms with Crippen LogP contribution in [0.3, 0.4) is 0 Å². The van der Waals surface area contributed by atoms with Gasteiger partial charge in [-0.3, -0.25) is 9.59 Å². The second-order valence-corrected chi connectivity index (χ2v) is 6.39. The van der Waals surface area contributed by atoms with Gasteiger partial charge in [0, 0.05) is 12.6 Å². The summed E-state index contributed by atoms with van der Waals surface area (Å²) in [6, 6.07) is 11.3. The molecule has 0 aliphatic rings. The molecule has 2 aromatic heterocycles. The number of carbonyl (C=O) groups excluding carboxylic acids is 1. The summed E-state index contributed by atoms with van der Waals surface area (Å²) in [5.74, 6) is 1.52. The largest absolute Gasteiger partial charge is 0.493 e. The molecule has 3 aromatic rings. The van der Waals surface area contributed by atoms with Crippen molar-refractivity contribution in [2.45, 2.75) is 19.4 Å². The van der Waals surface area contributed by atoms with Crippen molar-refractivity contribution in [3.05, 3.63) is 64.6 Å². The summed E-state index contributed by atoms with van der Waals surface area (Å²) >= 11 is 0. The summed E-state index contributed by atoms with van der Waals surface area (Å²) in [5, 5.41) is 7.11. The van der Waals surface area contributed by atoms with Crippen molar-refractivity contribution in [2.24, 2.45) is 0 Å². The quantitative estimate of drug-likeness (QED) is 0.627. The molecule has 0 saturated heterocycles. The number of nitrogens with zero attached hydrogens (tertiary/aromatic N) is 2. The zero-order valence-corrected chi connectivity index (χ0v) is 16.5. The summed E-state index contributed by atoms with van der Waals surface area (Å²) in [7, 11) is 3.16. The molecular weight excluding hydrogens is 374 g/mol. The predicted octanol–water partition coefficient (Wildman–Crippen LogP) is 2.44. The first-order valence-corrected chi connectivity index (χ1v) is 9.16. The van der Waals surface area contributed by atoms with Crippen LogP contribution in [-0.2, 0) is 11.2 Å². The van der Waals surface area contributed by atoms with Crippen molar-refractivity contribution in [3.8, 4) is 23.0 Å². The number of benzene rings is 1. The Balaban J connectivity index is 1.64. The second-order valence-electron chi connectivity index (χ2n) is 6.39. The van der Waals surface area contributed by atoms with E-state index in [0.29, 0.717) is 35.9 Å². The Labute approximate surface area is 168 Å². The Morgan fingerprint density at radius 3 is 2.66 bits per heavy atom. The second kappa shape index (κ2) is 9.09. The molecule has 3 rings (SSSR count). The molecule has 29 heavy (non-hydrogen) atoms. The minimum Gasteiger partial charge on any atom is -0.493 e. The Morgan fingerprint density at radius 2 is 1.97 bits per heavy atom. The van der Waals surface area contributed by atoms with Gasteiger partial charge in [0.15, 0.2) is 17.3 Å². The predicted molar refractivity (Wildman–Crippen MR) is 107 cm³/mol. The molecule has 1 N–H and O–H groups in total. The van der Waals surface area contributed by atoms with Crippen LogP contribution in [0.25, 0.3) is 11.5 Å². The van der Waals surface area contributed by atoms with E-state index in [1.54, 1.807) is 39.3 Å². The molecule has 0 fully saturated rings. The van der Waals surface area contributed by atoms with Crippen LogP contribution in [0, 0.1) is 0 Å². The lowest BCUT2D eigenvalue weighted by Gasteiger charge is -2.15. The van der Waals surface area contributed by atoms with Crippen LogP contribution in [0.4, 0.5) is 0 Å². The van der Waals surface area contributed by atoms with E-state index in [1.165, 1.54) is 12.3 Å². The molecule has 0 bridgehead atoms. The van der Waals surface area contributed by atoms with Gasteiger partial charge in [-0.1, -0.05) is 6.07 Å². The fourth-order valence-electron chi connectivity index (χ4n) is 2.88. The highest BCUT2D eigenvalue weighted by molar-refractivity contribution is 5.79. The standard InChI is InChI=1S/C21H23N3O5/c1-14(24-20(25)9-7-16(23-24)17-5-4-12-29-17)21(26)22-11-10-15-6-8-18(27-2)19(13-15)28-3/h4-9,12-14H,10-11H2,1-3H3,(H,22,26).